The van der Waals surface area contributed by atoms with E-state index < -0.39 is 27.4 Å². The number of fused-ring (bicyclic) bond motifs is 1. The van der Waals surface area contributed by atoms with E-state index in [0.717, 1.165) is 5.56 Å². The quantitative estimate of drug-likeness (QED) is 0.426. The maximum absolute atomic E-state index is 13.6. The highest BCUT2D eigenvalue weighted by molar-refractivity contribution is 6.11. The van der Waals surface area contributed by atoms with Gasteiger partial charge in [-0.25, -0.2) is 0 Å². The summed E-state index contributed by atoms with van der Waals surface area (Å²) in [7, 11) is 0. The van der Waals surface area contributed by atoms with Crippen molar-refractivity contribution in [1.29, 1.82) is 0 Å². The molecule has 33 heavy (non-hydrogen) atoms. The fourth-order valence-electron chi connectivity index (χ4n) is 4.46. The lowest BCUT2D eigenvalue weighted by molar-refractivity contribution is -0.384. The molecule has 0 aromatic heterocycles. The number of nitrogens with one attached hydrogen (secondary N) is 1. The Hall–Kier alpha value is -3.41. The van der Waals surface area contributed by atoms with Gasteiger partial charge in [0.25, 0.3) is 5.69 Å². The Balaban J connectivity index is 2.01. The summed E-state index contributed by atoms with van der Waals surface area (Å²) in [5.41, 5.74) is 1.13. The number of anilines is 1. The van der Waals surface area contributed by atoms with Gasteiger partial charge in [-0.05, 0) is 34.6 Å². The van der Waals surface area contributed by atoms with Crippen LogP contribution in [0, 0.1) is 20.9 Å². The summed E-state index contributed by atoms with van der Waals surface area (Å²) in [5.74, 6) is 0.562. The first kappa shape index (κ1) is 22.8. The molecule has 0 fully saturated rings. The van der Waals surface area contributed by atoms with Gasteiger partial charge in [0.1, 0.15) is 11.3 Å². The molecule has 0 bridgehead atoms. The van der Waals surface area contributed by atoms with Gasteiger partial charge < -0.3 is 10.1 Å². The van der Waals surface area contributed by atoms with Gasteiger partial charge in [0.2, 0.25) is 0 Å². The number of carbonyl (C=O) groups excluding carboxylic acids is 1. The SMILES string of the molecule is CC(C)(C)C1=CC2(C=C(C(C)(C)C)C1=O)Nc1cc([N+](=O)[O-])ccc1OC2c1ccccc1. The molecule has 1 aliphatic heterocycles. The van der Waals surface area contributed by atoms with E-state index in [0.29, 0.717) is 22.6 Å². The van der Waals surface area contributed by atoms with Gasteiger partial charge in [0.05, 0.1) is 10.6 Å². The van der Waals surface area contributed by atoms with Crippen molar-refractivity contribution in [2.75, 3.05) is 5.32 Å². The third-order valence-corrected chi connectivity index (χ3v) is 6.18. The maximum atomic E-state index is 13.6. The normalized spacial score (nSPS) is 19.7. The number of ether oxygens (including phenoxy) is 1. The molecule has 0 amide bonds. The van der Waals surface area contributed by atoms with E-state index in [2.05, 4.69) is 5.32 Å². The number of Topliss-reactive ketones (excluding diaryl/α,β-unsaturated/α-hetero) is 1. The van der Waals surface area contributed by atoms with Crippen LogP contribution < -0.4 is 10.1 Å². The Morgan fingerprint density at radius 1 is 0.939 bits per heavy atom. The first-order valence-corrected chi connectivity index (χ1v) is 11.1. The highest BCUT2D eigenvalue weighted by Gasteiger charge is 2.49. The van der Waals surface area contributed by atoms with Gasteiger partial charge in [0, 0.05) is 23.3 Å². The third-order valence-electron chi connectivity index (χ3n) is 6.18. The second-order valence-corrected chi connectivity index (χ2v) is 10.8. The fraction of sp³-hybridized carbons (Fsp3) is 0.370. The van der Waals surface area contributed by atoms with E-state index in [9.17, 15) is 14.9 Å². The number of nitro groups is 1. The molecule has 0 radical (unpaired) electrons. The zero-order valence-corrected chi connectivity index (χ0v) is 19.9. The van der Waals surface area contributed by atoms with E-state index in [1.54, 1.807) is 6.07 Å². The zero-order valence-electron chi connectivity index (χ0n) is 19.9. The van der Waals surface area contributed by atoms with Crippen molar-refractivity contribution in [3.63, 3.8) is 0 Å². The van der Waals surface area contributed by atoms with Crippen molar-refractivity contribution in [3.8, 4) is 5.75 Å². The summed E-state index contributed by atoms with van der Waals surface area (Å²) in [4.78, 5) is 24.6. The average molecular weight is 447 g/mol. The number of allylic oxidation sites excluding steroid dienone is 2. The molecule has 1 aliphatic carbocycles. The number of nitrogens with zero attached hydrogens (tertiary/aromatic N) is 1. The second kappa shape index (κ2) is 7.58. The lowest BCUT2D eigenvalue weighted by Crippen LogP contribution is -2.50. The first-order chi connectivity index (χ1) is 15.3. The molecule has 1 unspecified atom stereocenters. The Morgan fingerprint density at radius 2 is 1.52 bits per heavy atom. The summed E-state index contributed by atoms with van der Waals surface area (Å²) in [6.07, 6.45) is 3.45. The molecule has 1 atom stereocenters. The predicted octanol–water partition coefficient (Wildman–Crippen LogP) is 6.41. The number of hydrogen-bond acceptors (Lipinski definition) is 5. The van der Waals surface area contributed by atoms with E-state index in [1.165, 1.54) is 12.1 Å². The summed E-state index contributed by atoms with van der Waals surface area (Å²) in [6.45, 7) is 12.1. The Kier molecular flexibility index (Phi) is 5.23. The molecule has 2 aromatic carbocycles. The molecule has 1 spiro atoms. The van der Waals surface area contributed by atoms with E-state index in [4.69, 9.17) is 4.74 Å². The van der Waals surface area contributed by atoms with Gasteiger partial charge in [-0.3, -0.25) is 14.9 Å². The smallest absolute Gasteiger partial charge is 0.271 e. The molecule has 172 valence electrons. The van der Waals surface area contributed by atoms with Crippen LogP contribution in [0.3, 0.4) is 0 Å². The molecule has 2 aliphatic rings. The van der Waals surface area contributed by atoms with E-state index in [1.807, 2.05) is 84.0 Å². The van der Waals surface area contributed by atoms with Crippen molar-refractivity contribution < 1.29 is 14.5 Å². The van der Waals surface area contributed by atoms with Crippen molar-refractivity contribution >= 4 is 17.2 Å². The molecule has 2 aromatic rings. The number of non-ortho nitro benzene ring substituents is 1. The lowest BCUT2D eigenvalue weighted by atomic mass is 9.67. The lowest BCUT2D eigenvalue weighted by Gasteiger charge is -2.47. The van der Waals surface area contributed by atoms with Crippen LogP contribution in [-0.4, -0.2) is 16.2 Å². The summed E-state index contributed by atoms with van der Waals surface area (Å²) in [5, 5.41) is 15.0. The molecule has 0 saturated heterocycles. The number of hydrogen-bond donors (Lipinski definition) is 1. The summed E-state index contributed by atoms with van der Waals surface area (Å²) >= 11 is 0. The number of nitro benzene ring substituents is 1. The summed E-state index contributed by atoms with van der Waals surface area (Å²) < 4.78 is 6.52. The standard InChI is InChI=1S/C27H30N2O4/c1-25(2,3)19-15-27(16-20(23(19)30)26(4,5)6)24(17-10-8-7-9-11-17)33-22-13-12-18(29(31)32)14-21(22)28-27/h7-16,24,28H,1-6H3. The Bertz CT molecular complexity index is 1150. The van der Waals surface area contributed by atoms with Gasteiger partial charge >= 0.3 is 0 Å². The van der Waals surface area contributed by atoms with E-state index in [-0.39, 0.29) is 11.5 Å². The minimum Gasteiger partial charge on any atom is -0.480 e. The predicted molar refractivity (Wildman–Crippen MR) is 129 cm³/mol. The van der Waals surface area contributed by atoms with Crippen LogP contribution in [0.2, 0.25) is 0 Å². The largest absolute Gasteiger partial charge is 0.480 e. The molecular formula is C27H30N2O4. The topological polar surface area (TPSA) is 81.5 Å². The monoisotopic (exact) mass is 446 g/mol. The highest BCUT2D eigenvalue weighted by atomic mass is 16.6. The number of benzene rings is 2. The van der Waals surface area contributed by atoms with Crippen LogP contribution in [-0.2, 0) is 4.79 Å². The summed E-state index contributed by atoms with van der Waals surface area (Å²) in [6, 6.07) is 14.4. The number of rotatable bonds is 2. The Morgan fingerprint density at radius 3 is 2.03 bits per heavy atom. The van der Waals surface area contributed by atoms with Crippen LogP contribution in [0.25, 0.3) is 0 Å². The molecular weight excluding hydrogens is 416 g/mol. The zero-order chi connectivity index (χ0) is 24.2. The molecule has 1 N–H and O–H groups in total. The van der Waals surface area contributed by atoms with Crippen molar-refractivity contribution in [2.45, 2.75) is 53.2 Å². The second-order valence-electron chi connectivity index (χ2n) is 10.8. The van der Waals surface area contributed by atoms with Gasteiger partial charge in [-0.2, -0.15) is 0 Å². The van der Waals surface area contributed by atoms with Gasteiger partial charge in [0.15, 0.2) is 11.9 Å². The minimum atomic E-state index is -0.900. The number of carbonyl (C=O) groups is 1. The van der Waals surface area contributed by atoms with Gasteiger partial charge in [-0.15, -0.1) is 0 Å². The highest BCUT2D eigenvalue weighted by Crippen LogP contribution is 2.50. The fourth-order valence-corrected chi connectivity index (χ4v) is 4.46. The van der Waals surface area contributed by atoms with Crippen LogP contribution in [0.1, 0.15) is 53.2 Å². The Labute approximate surface area is 194 Å². The van der Waals surface area contributed by atoms with Crippen molar-refractivity contribution in [2.24, 2.45) is 10.8 Å². The van der Waals surface area contributed by atoms with Crippen LogP contribution in [0.4, 0.5) is 11.4 Å². The first-order valence-electron chi connectivity index (χ1n) is 11.1. The minimum absolute atomic E-state index is 0.0231. The maximum Gasteiger partial charge on any atom is 0.271 e. The molecule has 0 saturated carbocycles. The number of ketones is 1. The van der Waals surface area contributed by atoms with Gasteiger partial charge in [-0.1, -0.05) is 71.9 Å². The molecule has 4 rings (SSSR count). The van der Waals surface area contributed by atoms with Crippen LogP contribution >= 0.6 is 0 Å². The van der Waals surface area contributed by atoms with Crippen molar-refractivity contribution in [1.82, 2.24) is 0 Å². The van der Waals surface area contributed by atoms with E-state index >= 15 is 0 Å². The van der Waals surface area contributed by atoms with Crippen LogP contribution in [0.5, 0.6) is 5.75 Å². The molecule has 1 heterocycles. The van der Waals surface area contributed by atoms with Crippen LogP contribution in [0.15, 0.2) is 71.8 Å². The molecule has 6 heteroatoms. The molecule has 6 nitrogen and oxygen atoms in total. The van der Waals surface area contributed by atoms with Crippen molar-refractivity contribution in [3.05, 3.63) is 87.5 Å². The third kappa shape index (κ3) is 4.06. The average Bonchev–Trinajstić information content (AvgIpc) is 2.73.